The fraction of sp³-hybridized carbons (Fsp3) is 0.800. The summed E-state index contributed by atoms with van der Waals surface area (Å²) in [6.45, 7) is 0.999. The zero-order valence-electron chi connectivity index (χ0n) is 13.4. The van der Waals surface area contributed by atoms with Crippen LogP contribution in [0, 0.1) is 5.92 Å². The maximum atomic E-state index is 12.5. The van der Waals surface area contributed by atoms with Gasteiger partial charge in [-0.25, -0.2) is 0 Å². The standard InChI is InChI=1S/C15H23N3O4/c1-17(2)14(20)13-10-8-18(9-11(10)22-16-13)12(19)7-15(21-3)5-4-6-15/h10-11H,4-9H2,1-3H3/t10-,11+/m0/s1. The van der Waals surface area contributed by atoms with E-state index in [1.54, 1.807) is 26.1 Å². The molecule has 2 atom stereocenters. The minimum absolute atomic E-state index is 0.0798. The van der Waals surface area contributed by atoms with E-state index in [1.807, 2.05) is 0 Å². The van der Waals surface area contributed by atoms with E-state index in [4.69, 9.17) is 9.57 Å². The number of fused-ring (bicyclic) bond motifs is 1. The van der Waals surface area contributed by atoms with Gasteiger partial charge in [-0.3, -0.25) is 9.59 Å². The highest BCUT2D eigenvalue weighted by molar-refractivity contribution is 6.40. The van der Waals surface area contributed by atoms with E-state index in [-0.39, 0.29) is 29.4 Å². The zero-order chi connectivity index (χ0) is 15.9. The van der Waals surface area contributed by atoms with E-state index < -0.39 is 0 Å². The number of nitrogens with zero attached hydrogens (tertiary/aromatic N) is 3. The summed E-state index contributed by atoms with van der Waals surface area (Å²) >= 11 is 0. The van der Waals surface area contributed by atoms with Gasteiger partial charge in [0.15, 0.2) is 11.8 Å². The van der Waals surface area contributed by atoms with E-state index >= 15 is 0 Å². The molecule has 0 aromatic heterocycles. The maximum Gasteiger partial charge on any atom is 0.271 e. The Bertz CT molecular complexity index is 507. The molecule has 1 saturated heterocycles. The number of amides is 2. The van der Waals surface area contributed by atoms with Gasteiger partial charge in [0, 0.05) is 27.7 Å². The van der Waals surface area contributed by atoms with Crippen molar-refractivity contribution in [2.24, 2.45) is 11.1 Å². The quantitative estimate of drug-likeness (QED) is 0.746. The molecule has 7 nitrogen and oxygen atoms in total. The van der Waals surface area contributed by atoms with Crippen molar-refractivity contribution in [2.45, 2.75) is 37.4 Å². The van der Waals surface area contributed by atoms with Crippen molar-refractivity contribution in [3.8, 4) is 0 Å². The van der Waals surface area contributed by atoms with Crippen molar-refractivity contribution in [2.75, 3.05) is 34.3 Å². The summed E-state index contributed by atoms with van der Waals surface area (Å²) in [6, 6.07) is 0. The molecule has 2 heterocycles. The van der Waals surface area contributed by atoms with E-state index in [2.05, 4.69) is 5.16 Å². The third-order valence-electron chi connectivity index (χ3n) is 5.05. The number of likely N-dealkylation sites (tertiary alicyclic amines) is 1. The average Bonchev–Trinajstić information content (AvgIpc) is 3.01. The molecule has 0 N–H and O–H groups in total. The predicted molar refractivity (Wildman–Crippen MR) is 79.3 cm³/mol. The second-order valence-electron chi connectivity index (χ2n) is 6.64. The Morgan fingerprint density at radius 1 is 1.41 bits per heavy atom. The van der Waals surface area contributed by atoms with Gasteiger partial charge in [0.25, 0.3) is 5.91 Å². The van der Waals surface area contributed by atoms with Gasteiger partial charge in [0.05, 0.1) is 24.5 Å². The number of rotatable bonds is 4. The summed E-state index contributed by atoms with van der Waals surface area (Å²) < 4.78 is 5.53. The fourth-order valence-electron chi connectivity index (χ4n) is 3.38. The average molecular weight is 309 g/mol. The van der Waals surface area contributed by atoms with Crippen LogP contribution in [0.15, 0.2) is 5.16 Å². The summed E-state index contributed by atoms with van der Waals surface area (Å²) in [6.07, 6.45) is 3.22. The molecule has 0 radical (unpaired) electrons. The Labute approximate surface area is 130 Å². The van der Waals surface area contributed by atoms with E-state index in [0.29, 0.717) is 25.2 Å². The molecular weight excluding hydrogens is 286 g/mol. The van der Waals surface area contributed by atoms with E-state index in [1.165, 1.54) is 4.90 Å². The first kappa shape index (κ1) is 15.3. The van der Waals surface area contributed by atoms with Gasteiger partial charge < -0.3 is 19.4 Å². The van der Waals surface area contributed by atoms with Gasteiger partial charge in [-0.1, -0.05) is 5.16 Å². The molecule has 0 aromatic rings. The van der Waals surface area contributed by atoms with Crippen LogP contribution in [-0.2, 0) is 19.2 Å². The zero-order valence-corrected chi connectivity index (χ0v) is 13.4. The van der Waals surface area contributed by atoms with Crippen LogP contribution in [0.25, 0.3) is 0 Å². The number of oxime groups is 1. The summed E-state index contributed by atoms with van der Waals surface area (Å²) in [5, 5.41) is 3.92. The van der Waals surface area contributed by atoms with Crippen LogP contribution >= 0.6 is 0 Å². The second-order valence-corrected chi connectivity index (χ2v) is 6.64. The Kier molecular flexibility index (Phi) is 3.84. The lowest BCUT2D eigenvalue weighted by Crippen LogP contribution is -2.45. The molecule has 7 heteroatoms. The molecule has 0 aromatic carbocycles. The molecule has 2 fully saturated rings. The van der Waals surface area contributed by atoms with Crippen molar-refractivity contribution in [1.82, 2.24) is 9.80 Å². The van der Waals surface area contributed by atoms with Gasteiger partial charge >= 0.3 is 0 Å². The Morgan fingerprint density at radius 2 is 2.14 bits per heavy atom. The van der Waals surface area contributed by atoms with Crippen molar-refractivity contribution in [3.05, 3.63) is 0 Å². The van der Waals surface area contributed by atoms with Gasteiger partial charge in [0.1, 0.15) is 0 Å². The third-order valence-corrected chi connectivity index (χ3v) is 5.05. The van der Waals surface area contributed by atoms with Crippen LogP contribution < -0.4 is 0 Å². The summed E-state index contributed by atoms with van der Waals surface area (Å²) in [5.74, 6) is -0.177. The number of ether oxygens (including phenoxy) is 1. The molecule has 3 aliphatic rings. The lowest BCUT2D eigenvalue weighted by atomic mass is 9.77. The minimum Gasteiger partial charge on any atom is -0.389 e. The van der Waals surface area contributed by atoms with Gasteiger partial charge in [-0.05, 0) is 19.3 Å². The Balaban J connectivity index is 1.62. The largest absolute Gasteiger partial charge is 0.389 e. The fourth-order valence-corrected chi connectivity index (χ4v) is 3.38. The summed E-state index contributed by atoms with van der Waals surface area (Å²) in [5.41, 5.74) is 0.154. The third kappa shape index (κ3) is 2.47. The first-order valence-electron chi connectivity index (χ1n) is 7.74. The van der Waals surface area contributed by atoms with Crippen LogP contribution in [0.1, 0.15) is 25.7 Å². The highest BCUT2D eigenvalue weighted by Crippen LogP contribution is 2.39. The molecule has 2 aliphatic heterocycles. The Hall–Kier alpha value is -1.63. The molecule has 0 bridgehead atoms. The van der Waals surface area contributed by atoms with Crippen LogP contribution in [0.4, 0.5) is 0 Å². The maximum absolute atomic E-state index is 12.5. The Morgan fingerprint density at radius 3 is 2.68 bits per heavy atom. The number of hydrogen-bond acceptors (Lipinski definition) is 5. The monoisotopic (exact) mass is 309 g/mol. The van der Waals surface area contributed by atoms with Crippen LogP contribution in [0.3, 0.4) is 0 Å². The molecule has 1 aliphatic carbocycles. The smallest absolute Gasteiger partial charge is 0.271 e. The van der Waals surface area contributed by atoms with Crippen LogP contribution in [-0.4, -0.2) is 73.3 Å². The van der Waals surface area contributed by atoms with Crippen LogP contribution in [0.2, 0.25) is 0 Å². The molecule has 122 valence electrons. The first-order chi connectivity index (χ1) is 10.5. The molecule has 1 saturated carbocycles. The molecule has 3 rings (SSSR count). The highest BCUT2D eigenvalue weighted by atomic mass is 16.6. The molecular formula is C15H23N3O4. The van der Waals surface area contributed by atoms with Gasteiger partial charge in [-0.2, -0.15) is 0 Å². The number of carbonyl (C=O) groups is 2. The second kappa shape index (κ2) is 5.53. The van der Waals surface area contributed by atoms with Crippen molar-refractivity contribution in [1.29, 1.82) is 0 Å². The number of carbonyl (C=O) groups excluding carboxylic acids is 2. The SMILES string of the molecule is COC1(CC(=O)N2C[C@@H]3C(C(=O)N(C)C)=NO[C@@H]3C2)CCC1. The topological polar surface area (TPSA) is 71.4 Å². The molecule has 22 heavy (non-hydrogen) atoms. The lowest BCUT2D eigenvalue weighted by Gasteiger charge is -2.40. The highest BCUT2D eigenvalue weighted by Gasteiger charge is 2.48. The molecule has 0 spiro atoms. The molecule has 2 amide bonds. The van der Waals surface area contributed by atoms with E-state index in [9.17, 15) is 9.59 Å². The van der Waals surface area contributed by atoms with Gasteiger partial charge in [0.2, 0.25) is 5.91 Å². The van der Waals surface area contributed by atoms with Gasteiger partial charge in [-0.15, -0.1) is 0 Å². The number of methoxy groups -OCH3 is 1. The van der Waals surface area contributed by atoms with E-state index in [0.717, 1.165) is 19.3 Å². The lowest BCUT2D eigenvalue weighted by molar-refractivity contribution is -0.143. The predicted octanol–water partition coefficient (Wildman–Crippen LogP) is 0.247. The normalized spacial score (nSPS) is 28.5. The first-order valence-corrected chi connectivity index (χ1v) is 7.74. The van der Waals surface area contributed by atoms with Crippen LogP contribution in [0.5, 0.6) is 0 Å². The minimum atomic E-state index is -0.272. The number of hydrogen-bond donors (Lipinski definition) is 0. The summed E-state index contributed by atoms with van der Waals surface area (Å²) in [4.78, 5) is 33.2. The van der Waals surface area contributed by atoms with Crippen molar-refractivity contribution in [3.63, 3.8) is 0 Å². The molecule has 0 unspecified atom stereocenters. The van der Waals surface area contributed by atoms with Crippen molar-refractivity contribution >= 4 is 17.5 Å². The van der Waals surface area contributed by atoms with Crippen molar-refractivity contribution < 1.29 is 19.2 Å². The summed E-state index contributed by atoms with van der Waals surface area (Å²) in [7, 11) is 5.05.